The molecule has 0 aliphatic heterocycles. The van der Waals surface area contributed by atoms with Crippen LogP contribution in [0.5, 0.6) is 0 Å². The first-order valence-electron chi connectivity index (χ1n) is 8.27. The highest BCUT2D eigenvalue weighted by molar-refractivity contribution is 7.89. The van der Waals surface area contributed by atoms with Crippen molar-refractivity contribution in [2.45, 2.75) is 25.2 Å². The van der Waals surface area contributed by atoms with Gasteiger partial charge >= 0.3 is 0 Å². The number of hydrogen-bond acceptors (Lipinski definition) is 5. The predicted octanol–water partition coefficient (Wildman–Crippen LogP) is 2.40. The molecule has 2 aromatic rings. The maximum atomic E-state index is 13.2. The van der Waals surface area contributed by atoms with E-state index in [2.05, 4.69) is 0 Å². The first-order chi connectivity index (χ1) is 12.3. The molecule has 0 unspecified atom stereocenters. The number of aryl methyl sites for hydroxylation is 1. The summed E-state index contributed by atoms with van der Waals surface area (Å²) < 4.78 is 27.6. The van der Waals surface area contributed by atoms with E-state index in [9.17, 15) is 18.5 Å². The molecule has 26 heavy (non-hydrogen) atoms. The molecule has 0 amide bonds. The molecule has 140 valence electrons. The zero-order valence-corrected chi connectivity index (χ0v) is 15.7. The molecule has 0 aliphatic rings. The van der Waals surface area contributed by atoms with Crippen LogP contribution in [0, 0.1) is 24.0 Å². The standard InChI is InChI=1S/C18H23N3O4S/c1-14-8-9-17(21(22)23)18(15(14)2)26(24,25)20(13-11-19)12-10-16-6-4-3-5-7-16/h3-9H,10-13,19H2,1-2H3. The molecule has 0 saturated heterocycles. The monoisotopic (exact) mass is 377 g/mol. The van der Waals surface area contributed by atoms with E-state index in [-0.39, 0.29) is 24.5 Å². The van der Waals surface area contributed by atoms with Gasteiger partial charge in [-0.1, -0.05) is 36.4 Å². The van der Waals surface area contributed by atoms with Crippen molar-refractivity contribution < 1.29 is 13.3 Å². The lowest BCUT2D eigenvalue weighted by molar-refractivity contribution is -0.388. The Morgan fingerprint density at radius 2 is 1.73 bits per heavy atom. The van der Waals surface area contributed by atoms with E-state index in [0.717, 1.165) is 5.56 Å². The number of hydrogen-bond donors (Lipinski definition) is 1. The summed E-state index contributed by atoms with van der Waals surface area (Å²) in [6, 6.07) is 12.3. The largest absolute Gasteiger partial charge is 0.329 e. The van der Waals surface area contributed by atoms with E-state index >= 15 is 0 Å². The summed E-state index contributed by atoms with van der Waals surface area (Å²) in [4.78, 5) is 10.5. The van der Waals surface area contributed by atoms with Gasteiger partial charge < -0.3 is 5.73 Å². The summed E-state index contributed by atoms with van der Waals surface area (Å²) in [6.45, 7) is 3.75. The van der Waals surface area contributed by atoms with E-state index in [4.69, 9.17) is 5.73 Å². The number of nitro benzene ring substituents is 1. The first-order valence-corrected chi connectivity index (χ1v) is 9.71. The molecule has 7 nitrogen and oxygen atoms in total. The number of rotatable bonds is 8. The highest BCUT2D eigenvalue weighted by atomic mass is 32.2. The van der Waals surface area contributed by atoms with Crippen LogP contribution in [0.25, 0.3) is 0 Å². The maximum Gasteiger partial charge on any atom is 0.289 e. The van der Waals surface area contributed by atoms with Gasteiger partial charge in [0.25, 0.3) is 5.69 Å². The molecule has 0 bridgehead atoms. The fourth-order valence-corrected chi connectivity index (χ4v) is 4.66. The lowest BCUT2D eigenvalue weighted by Crippen LogP contribution is -2.37. The highest BCUT2D eigenvalue weighted by Crippen LogP contribution is 2.31. The molecule has 0 radical (unpaired) electrons. The third-order valence-corrected chi connectivity index (χ3v) is 6.40. The third-order valence-electron chi connectivity index (χ3n) is 4.32. The molecule has 0 atom stereocenters. The van der Waals surface area contributed by atoms with Crippen molar-refractivity contribution in [1.29, 1.82) is 0 Å². The Balaban J connectivity index is 2.44. The maximum absolute atomic E-state index is 13.2. The Morgan fingerprint density at radius 3 is 2.31 bits per heavy atom. The minimum atomic E-state index is -4.05. The van der Waals surface area contributed by atoms with Crippen molar-refractivity contribution in [3.05, 3.63) is 69.3 Å². The van der Waals surface area contributed by atoms with Gasteiger partial charge in [-0.05, 0) is 37.0 Å². The Kier molecular flexibility index (Phi) is 6.47. The molecular formula is C18H23N3O4S. The van der Waals surface area contributed by atoms with Gasteiger partial charge in [0.05, 0.1) is 4.92 Å². The van der Waals surface area contributed by atoms with Crippen molar-refractivity contribution >= 4 is 15.7 Å². The third kappa shape index (κ3) is 4.27. The summed E-state index contributed by atoms with van der Waals surface area (Å²) in [5, 5.41) is 11.4. The van der Waals surface area contributed by atoms with Crippen LogP contribution in [0.2, 0.25) is 0 Å². The Hall–Kier alpha value is -2.29. The molecule has 8 heteroatoms. The second-order valence-corrected chi connectivity index (χ2v) is 7.92. The van der Waals surface area contributed by atoms with E-state index in [1.165, 1.54) is 10.4 Å². The fourth-order valence-electron chi connectivity index (χ4n) is 2.77. The predicted molar refractivity (Wildman–Crippen MR) is 101 cm³/mol. The Labute approximate surface area is 153 Å². The molecular weight excluding hydrogens is 354 g/mol. The van der Waals surface area contributed by atoms with Crippen molar-refractivity contribution in [2.75, 3.05) is 19.6 Å². The number of nitrogens with zero attached hydrogens (tertiary/aromatic N) is 2. The van der Waals surface area contributed by atoms with Gasteiger partial charge in [-0.2, -0.15) is 4.31 Å². The summed E-state index contributed by atoms with van der Waals surface area (Å²) in [6.07, 6.45) is 0.499. The van der Waals surface area contributed by atoms with Gasteiger partial charge in [-0.25, -0.2) is 8.42 Å². The topological polar surface area (TPSA) is 107 Å². The van der Waals surface area contributed by atoms with Crippen LogP contribution in [-0.4, -0.2) is 37.3 Å². The van der Waals surface area contributed by atoms with Gasteiger partial charge in [-0.3, -0.25) is 10.1 Å². The van der Waals surface area contributed by atoms with Crippen molar-refractivity contribution in [3.63, 3.8) is 0 Å². The number of nitrogens with two attached hydrogens (primary N) is 1. The lowest BCUT2D eigenvalue weighted by Gasteiger charge is -2.23. The van der Waals surface area contributed by atoms with Crippen molar-refractivity contribution in [2.24, 2.45) is 5.73 Å². The van der Waals surface area contributed by atoms with Gasteiger partial charge in [0.15, 0.2) is 4.90 Å². The van der Waals surface area contributed by atoms with Gasteiger partial charge in [0.1, 0.15) is 0 Å². The van der Waals surface area contributed by atoms with Crippen LogP contribution in [0.3, 0.4) is 0 Å². The van der Waals surface area contributed by atoms with E-state index in [1.54, 1.807) is 19.9 Å². The summed E-state index contributed by atoms with van der Waals surface area (Å²) in [7, 11) is -4.05. The molecule has 0 heterocycles. The van der Waals surface area contributed by atoms with Gasteiger partial charge in [-0.15, -0.1) is 0 Å². The summed E-state index contributed by atoms with van der Waals surface area (Å²) in [5.74, 6) is 0. The quantitative estimate of drug-likeness (QED) is 0.561. The summed E-state index contributed by atoms with van der Waals surface area (Å²) in [5.41, 5.74) is 7.25. The average molecular weight is 377 g/mol. The van der Waals surface area contributed by atoms with Crippen LogP contribution < -0.4 is 5.73 Å². The molecule has 0 fully saturated rings. The van der Waals surface area contributed by atoms with E-state index in [1.807, 2.05) is 30.3 Å². The molecule has 0 saturated carbocycles. The highest BCUT2D eigenvalue weighted by Gasteiger charge is 2.33. The zero-order chi connectivity index (χ0) is 19.3. The molecule has 0 spiro atoms. The normalized spacial score (nSPS) is 11.7. The van der Waals surface area contributed by atoms with Crippen LogP contribution in [0.4, 0.5) is 5.69 Å². The SMILES string of the molecule is Cc1ccc([N+](=O)[O-])c(S(=O)(=O)N(CCN)CCc2ccccc2)c1C. The Morgan fingerprint density at radius 1 is 1.08 bits per heavy atom. The van der Waals surface area contributed by atoms with Crippen LogP contribution in [0.15, 0.2) is 47.4 Å². The van der Waals surface area contributed by atoms with Crippen molar-refractivity contribution in [3.8, 4) is 0 Å². The molecule has 2 N–H and O–H groups in total. The smallest absolute Gasteiger partial charge is 0.289 e. The van der Waals surface area contributed by atoms with Crippen molar-refractivity contribution in [1.82, 2.24) is 4.31 Å². The van der Waals surface area contributed by atoms with Crippen LogP contribution in [0.1, 0.15) is 16.7 Å². The van der Waals surface area contributed by atoms with Gasteiger partial charge in [0.2, 0.25) is 10.0 Å². The number of sulfonamides is 1. The first kappa shape index (κ1) is 20.0. The fraction of sp³-hybridized carbons (Fsp3) is 0.333. The van der Waals surface area contributed by atoms with E-state index in [0.29, 0.717) is 17.5 Å². The Bertz CT molecular complexity index is 883. The second kappa shape index (κ2) is 8.39. The van der Waals surface area contributed by atoms with Gasteiger partial charge in [0, 0.05) is 25.7 Å². The minimum absolute atomic E-state index is 0.0969. The minimum Gasteiger partial charge on any atom is -0.329 e. The molecule has 0 aliphatic carbocycles. The molecule has 2 aromatic carbocycles. The van der Waals surface area contributed by atoms with Crippen LogP contribution in [-0.2, 0) is 16.4 Å². The number of benzene rings is 2. The van der Waals surface area contributed by atoms with Crippen LogP contribution >= 0.6 is 0 Å². The molecule has 2 rings (SSSR count). The zero-order valence-electron chi connectivity index (χ0n) is 14.9. The second-order valence-electron chi connectivity index (χ2n) is 6.04. The van der Waals surface area contributed by atoms with E-state index < -0.39 is 20.6 Å². The molecule has 0 aromatic heterocycles. The number of nitro groups is 1. The lowest BCUT2D eigenvalue weighted by atomic mass is 10.1. The summed E-state index contributed by atoms with van der Waals surface area (Å²) >= 11 is 0. The average Bonchev–Trinajstić information content (AvgIpc) is 2.61.